The van der Waals surface area contributed by atoms with Crippen molar-refractivity contribution in [2.45, 2.75) is 13.0 Å². The number of fused-ring (bicyclic) bond motifs is 1. The third kappa shape index (κ3) is 4.20. The summed E-state index contributed by atoms with van der Waals surface area (Å²) in [5.74, 6) is -1.51. The molecule has 1 aliphatic heterocycles. The first kappa shape index (κ1) is 18.9. The van der Waals surface area contributed by atoms with E-state index in [4.69, 9.17) is 0 Å². The topological polar surface area (TPSA) is 87.5 Å². The van der Waals surface area contributed by atoms with Crippen molar-refractivity contribution in [2.75, 3.05) is 19.6 Å². The molecule has 29 heavy (non-hydrogen) atoms. The fourth-order valence-corrected chi connectivity index (χ4v) is 3.58. The largest absolute Gasteiger partial charge is 0.476 e. The highest BCUT2D eigenvalue weighted by atomic mass is 16.4. The summed E-state index contributed by atoms with van der Waals surface area (Å²) in [6.45, 7) is 3.03. The SMILES string of the molecule is O=C(O)c1cc(C(=O)NCCN2CCc3ccccc3C2)n(-c2ccccc2)n1. The van der Waals surface area contributed by atoms with Crippen LogP contribution in [0.5, 0.6) is 0 Å². The zero-order valence-corrected chi connectivity index (χ0v) is 15.9. The van der Waals surface area contributed by atoms with Crippen LogP contribution >= 0.6 is 0 Å². The van der Waals surface area contributed by atoms with E-state index < -0.39 is 5.97 Å². The van der Waals surface area contributed by atoms with E-state index in [1.165, 1.54) is 21.9 Å². The highest BCUT2D eigenvalue weighted by Crippen LogP contribution is 2.18. The maximum atomic E-state index is 12.7. The maximum absolute atomic E-state index is 12.7. The van der Waals surface area contributed by atoms with E-state index >= 15 is 0 Å². The van der Waals surface area contributed by atoms with Crippen molar-refractivity contribution < 1.29 is 14.7 Å². The molecule has 2 aromatic carbocycles. The highest BCUT2D eigenvalue weighted by molar-refractivity contribution is 5.96. The van der Waals surface area contributed by atoms with Gasteiger partial charge in [0.1, 0.15) is 5.69 Å². The lowest BCUT2D eigenvalue weighted by Gasteiger charge is -2.28. The van der Waals surface area contributed by atoms with Gasteiger partial charge in [-0.15, -0.1) is 0 Å². The summed E-state index contributed by atoms with van der Waals surface area (Å²) in [6.07, 6.45) is 1.01. The predicted molar refractivity (Wildman–Crippen MR) is 108 cm³/mol. The van der Waals surface area contributed by atoms with Crippen molar-refractivity contribution in [2.24, 2.45) is 0 Å². The number of carbonyl (C=O) groups is 2. The predicted octanol–water partition coefficient (Wildman–Crippen LogP) is 2.36. The molecule has 0 radical (unpaired) electrons. The number of para-hydroxylation sites is 1. The Morgan fingerprint density at radius 3 is 2.52 bits per heavy atom. The first-order valence-electron chi connectivity index (χ1n) is 9.58. The molecule has 2 heterocycles. The molecule has 1 aliphatic rings. The summed E-state index contributed by atoms with van der Waals surface area (Å²) in [5, 5.41) is 16.2. The summed E-state index contributed by atoms with van der Waals surface area (Å²) in [6, 6.07) is 18.8. The minimum atomic E-state index is -1.17. The highest BCUT2D eigenvalue weighted by Gasteiger charge is 2.20. The van der Waals surface area contributed by atoms with Crippen molar-refractivity contribution in [1.29, 1.82) is 0 Å². The quantitative estimate of drug-likeness (QED) is 0.675. The number of nitrogens with zero attached hydrogens (tertiary/aromatic N) is 3. The summed E-state index contributed by atoms with van der Waals surface area (Å²) in [7, 11) is 0. The Bertz CT molecular complexity index is 1030. The second-order valence-electron chi connectivity index (χ2n) is 7.02. The Morgan fingerprint density at radius 2 is 1.76 bits per heavy atom. The molecule has 148 valence electrons. The minimum Gasteiger partial charge on any atom is -0.476 e. The molecule has 0 atom stereocenters. The number of nitrogens with one attached hydrogen (secondary N) is 1. The fraction of sp³-hybridized carbons (Fsp3) is 0.227. The minimum absolute atomic E-state index is 0.161. The van der Waals surface area contributed by atoms with Crippen LogP contribution in [-0.2, 0) is 13.0 Å². The van der Waals surface area contributed by atoms with Crippen LogP contribution in [-0.4, -0.2) is 51.3 Å². The van der Waals surface area contributed by atoms with Crippen LogP contribution in [0.4, 0.5) is 0 Å². The van der Waals surface area contributed by atoms with Crippen LogP contribution in [0, 0.1) is 0 Å². The van der Waals surface area contributed by atoms with E-state index in [1.54, 1.807) is 12.1 Å². The molecule has 0 aliphatic carbocycles. The van der Waals surface area contributed by atoms with Crippen molar-refractivity contribution in [1.82, 2.24) is 20.0 Å². The van der Waals surface area contributed by atoms with E-state index in [0.29, 0.717) is 12.2 Å². The van der Waals surface area contributed by atoms with Gasteiger partial charge in [-0.2, -0.15) is 5.10 Å². The monoisotopic (exact) mass is 390 g/mol. The summed E-state index contributed by atoms with van der Waals surface area (Å²) in [4.78, 5) is 26.4. The Morgan fingerprint density at radius 1 is 1.03 bits per heavy atom. The van der Waals surface area contributed by atoms with Gasteiger partial charge in [-0.25, -0.2) is 9.48 Å². The molecule has 1 amide bonds. The Balaban J connectivity index is 1.42. The molecule has 4 rings (SSSR count). The average molecular weight is 390 g/mol. The number of aromatic nitrogens is 2. The summed E-state index contributed by atoms with van der Waals surface area (Å²) >= 11 is 0. The molecule has 1 aromatic heterocycles. The number of hydrogen-bond acceptors (Lipinski definition) is 4. The second-order valence-corrected chi connectivity index (χ2v) is 7.02. The van der Waals surface area contributed by atoms with Crippen LogP contribution in [0.3, 0.4) is 0 Å². The van der Waals surface area contributed by atoms with Gasteiger partial charge < -0.3 is 10.4 Å². The smallest absolute Gasteiger partial charge is 0.356 e. The molecule has 2 N–H and O–H groups in total. The van der Waals surface area contributed by atoms with E-state index in [0.717, 1.165) is 26.1 Å². The van der Waals surface area contributed by atoms with Crippen LogP contribution in [0.1, 0.15) is 32.1 Å². The Kier molecular flexibility index (Phi) is 5.39. The molecular weight excluding hydrogens is 368 g/mol. The average Bonchev–Trinajstić information content (AvgIpc) is 3.20. The number of hydrogen-bond donors (Lipinski definition) is 2. The molecule has 7 nitrogen and oxygen atoms in total. The van der Waals surface area contributed by atoms with Crippen LogP contribution < -0.4 is 5.32 Å². The number of benzene rings is 2. The van der Waals surface area contributed by atoms with Crippen LogP contribution in [0.15, 0.2) is 60.7 Å². The van der Waals surface area contributed by atoms with E-state index in [2.05, 4.69) is 39.6 Å². The van der Waals surface area contributed by atoms with Gasteiger partial charge in [0.2, 0.25) is 0 Å². The number of rotatable bonds is 6. The maximum Gasteiger partial charge on any atom is 0.356 e. The molecular formula is C22H22N4O3. The van der Waals surface area contributed by atoms with Crippen molar-refractivity contribution >= 4 is 11.9 Å². The van der Waals surface area contributed by atoms with Gasteiger partial charge in [-0.05, 0) is 29.7 Å². The van der Waals surface area contributed by atoms with Gasteiger partial charge in [0, 0.05) is 32.2 Å². The van der Waals surface area contributed by atoms with E-state index in [-0.39, 0.29) is 17.3 Å². The molecule has 0 bridgehead atoms. The molecule has 7 heteroatoms. The lowest BCUT2D eigenvalue weighted by molar-refractivity contribution is 0.0689. The first-order chi connectivity index (χ1) is 14.1. The Hall–Kier alpha value is -3.45. The van der Waals surface area contributed by atoms with Crippen molar-refractivity contribution in [3.63, 3.8) is 0 Å². The molecule has 0 saturated heterocycles. The van der Waals surface area contributed by atoms with E-state index in [9.17, 15) is 14.7 Å². The zero-order valence-electron chi connectivity index (χ0n) is 15.9. The zero-order chi connectivity index (χ0) is 20.2. The van der Waals surface area contributed by atoms with Gasteiger partial charge in [-0.1, -0.05) is 42.5 Å². The third-order valence-electron chi connectivity index (χ3n) is 5.09. The third-order valence-corrected chi connectivity index (χ3v) is 5.09. The Labute approximate surface area is 168 Å². The van der Waals surface area contributed by atoms with Gasteiger partial charge in [0.05, 0.1) is 5.69 Å². The molecule has 0 fully saturated rings. The van der Waals surface area contributed by atoms with Gasteiger partial charge >= 0.3 is 5.97 Å². The number of carbonyl (C=O) groups excluding carboxylic acids is 1. The summed E-state index contributed by atoms with van der Waals surface area (Å²) in [5.41, 5.74) is 3.40. The first-order valence-corrected chi connectivity index (χ1v) is 9.58. The van der Waals surface area contributed by atoms with E-state index in [1.807, 2.05) is 18.2 Å². The van der Waals surface area contributed by atoms with Crippen LogP contribution in [0.2, 0.25) is 0 Å². The second kappa shape index (κ2) is 8.28. The lowest BCUT2D eigenvalue weighted by atomic mass is 10.00. The standard InChI is InChI=1S/C22H22N4O3/c27-21(23-11-13-25-12-10-16-6-4-5-7-17(16)15-25)20-14-19(22(28)29)24-26(20)18-8-2-1-3-9-18/h1-9,14H,10-13,15H2,(H,23,27)(H,28,29). The normalized spacial score (nSPS) is 13.7. The number of carboxylic acid groups (broad SMARTS) is 1. The van der Waals surface area contributed by atoms with Gasteiger partial charge in [0.25, 0.3) is 5.91 Å². The molecule has 0 saturated carbocycles. The molecule has 0 unspecified atom stereocenters. The number of aromatic carboxylic acids is 1. The summed E-state index contributed by atoms with van der Waals surface area (Å²) < 4.78 is 1.37. The molecule has 0 spiro atoms. The van der Waals surface area contributed by atoms with Crippen molar-refractivity contribution in [3.05, 3.63) is 83.2 Å². The van der Waals surface area contributed by atoms with Crippen LogP contribution in [0.25, 0.3) is 5.69 Å². The fourth-order valence-electron chi connectivity index (χ4n) is 3.58. The van der Waals surface area contributed by atoms with Gasteiger partial charge in [-0.3, -0.25) is 9.69 Å². The van der Waals surface area contributed by atoms with Gasteiger partial charge in [0.15, 0.2) is 5.69 Å². The molecule has 3 aromatic rings. The lowest BCUT2D eigenvalue weighted by Crippen LogP contribution is -2.38. The number of carboxylic acids is 1. The van der Waals surface area contributed by atoms with Crippen molar-refractivity contribution in [3.8, 4) is 5.69 Å². The number of amides is 1.